The van der Waals surface area contributed by atoms with Gasteiger partial charge in [0.05, 0.1) is 12.6 Å². The van der Waals surface area contributed by atoms with E-state index in [2.05, 4.69) is 15.4 Å². The van der Waals surface area contributed by atoms with Crippen LogP contribution in [0.5, 0.6) is 0 Å². The summed E-state index contributed by atoms with van der Waals surface area (Å²) in [5.41, 5.74) is 2.64. The summed E-state index contributed by atoms with van der Waals surface area (Å²) >= 11 is 5.99. The third kappa shape index (κ3) is 4.00. The van der Waals surface area contributed by atoms with Crippen molar-refractivity contribution in [1.29, 1.82) is 0 Å². The van der Waals surface area contributed by atoms with Gasteiger partial charge >= 0.3 is 0 Å². The molecule has 0 aliphatic rings. The summed E-state index contributed by atoms with van der Waals surface area (Å²) in [6.45, 7) is 2.56. The molecule has 122 valence electrons. The van der Waals surface area contributed by atoms with Crippen molar-refractivity contribution in [3.05, 3.63) is 82.9 Å². The fourth-order valence-electron chi connectivity index (χ4n) is 2.40. The highest BCUT2D eigenvalue weighted by Gasteiger charge is 2.11. The molecule has 24 heavy (non-hydrogen) atoms. The minimum atomic E-state index is -0.119. The molecule has 0 unspecified atom stereocenters. The molecule has 0 radical (unpaired) electrons. The Labute approximate surface area is 145 Å². The molecule has 0 bridgehead atoms. The summed E-state index contributed by atoms with van der Waals surface area (Å²) in [6, 6.07) is 14.8. The van der Waals surface area contributed by atoms with E-state index in [1.165, 1.54) is 6.33 Å². The van der Waals surface area contributed by atoms with Crippen LogP contribution in [0.25, 0.3) is 0 Å². The van der Waals surface area contributed by atoms with Crippen LogP contribution in [-0.4, -0.2) is 20.7 Å². The second kappa shape index (κ2) is 7.27. The normalized spacial score (nSPS) is 11.9. The van der Waals surface area contributed by atoms with Crippen molar-refractivity contribution in [3.63, 3.8) is 0 Å². The van der Waals surface area contributed by atoms with Gasteiger partial charge in [0.25, 0.3) is 5.91 Å². The molecule has 1 atom stereocenters. The quantitative estimate of drug-likeness (QED) is 0.773. The summed E-state index contributed by atoms with van der Waals surface area (Å²) in [5.74, 6) is -0.116. The van der Waals surface area contributed by atoms with Crippen molar-refractivity contribution in [2.24, 2.45) is 0 Å². The van der Waals surface area contributed by atoms with Gasteiger partial charge in [0.15, 0.2) is 0 Å². The van der Waals surface area contributed by atoms with Crippen molar-refractivity contribution in [1.82, 2.24) is 20.1 Å². The van der Waals surface area contributed by atoms with Crippen molar-refractivity contribution < 1.29 is 4.79 Å². The van der Waals surface area contributed by atoms with Gasteiger partial charge < -0.3 is 5.32 Å². The molecule has 1 amide bonds. The SMILES string of the molecule is C[C@@H](NC(=O)c1ccc(Cn2cncn2)cc1)c1cccc(Cl)c1. The number of carbonyl (C=O) groups is 1. The van der Waals surface area contributed by atoms with Gasteiger partial charge in [-0.1, -0.05) is 35.9 Å². The second-order valence-electron chi connectivity index (χ2n) is 5.54. The topological polar surface area (TPSA) is 59.8 Å². The van der Waals surface area contributed by atoms with Gasteiger partial charge in [-0.05, 0) is 42.3 Å². The summed E-state index contributed by atoms with van der Waals surface area (Å²) in [5, 5.41) is 7.70. The molecule has 1 heterocycles. The average molecular weight is 341 g/mol. The third-order valence-electron chi connectivity index (χ3n) is 3.72. The number of halogens is 1. The summed E-state index contributed by atoms with van der Waals surface area (Å²) in [4.78, 5) is 16.3. The number of aromatic nitrogens is 3. The molecule has 1 aromatic heterocycles. The molecule has 6 heteroatoms. The molecule has 0 saturated heterocycles. The minimum Gasteiger partial charge on any atom is -0.346 e. The molecule has 0 aliphatic heterocycles. The average Bonchev–Trinajstić information content (AvgIpc) is 3.08. The predicted octanol–water partition coefficient (Wildman–Crippen LogP) is 3.47. The number of benzene rings is 2. The maximum absolute atomic E-state index is 12.4. The highest BCUT2D eigenvalue weighted by molar-refractivity contribution is 6.30. The zero-order valence-corrected chi connectivity index (χ0v) is 13.9. The Morgan fingerprint density at radius 3 is 2.71 bits per heavy atom. The van der Waals surface area contributed by atoms with Crippen LogP contribution in [0.1, 0.15) is 34.5 Å². The first-order valence-corrected chi connectivity index (χ1v) is 7.97. The lowest BCUT2D eigenvalue weighted by molar-refractivity contribution is 0.0940. The van der Waals surface area contributed by atoms with Crippen LogP contribution >= 0.6 is 11.6 Å². The number of rotatable bonds is 5. The Hall–Kier alpha value is -2.66. The zero-order chi connectivity index (χ0) is 16.9. The lowest BCUT2D eigenvalue weighted by Crippen LogP contribution is -2.26. The van der Waals surface area contributed by atoms with E-state index < -0.39 is 0 Å². The lowest BCUT2D eigenvalue weighted by Gasteiger charge is -2.15. The first-order valence-electron chi connectivity index (χ1n) is 7.59. The van der Waals surface area contributed by atoms with Gasteiger partial charge in [0.1, 0.15) is 12.7 Å². The van der Waals surface area contributed by atoms with Crippen LogP contribution in [0.2, 0.25) is 5.02 Å². The van der Waals surface area contributed by atoms with Crippen LogP contribution in [0.15, 0.2) is 61.2 Å². The number of hydrogen-bond donors (Lipinski definition) is 1. The molecular formula is C18H17ClN4O. The van der Waals surface area contributed by atoms with Gasteiger partial charge in [-0.15, -0.1) is 0 Å². The van der Waals surface area contributed by atoms with Crippen molar-refractivity contribution >= 4 is 17.5 Å². The molecular weight excluding hydrogens is 324 g/mol. The highest BCUT2D eigenvalue weighted by atomic mass is 35.5. The molecule has 0 fully saturated rings. The Morgan fingerprint density at radius 2 is 2.04 bits per heavy atom. The molecule has 1 N–H and O–H groups in total. The Kier molecular flexibility index (Phi) is 4.91. The van der Waals surface area contributed by atoms with Gasteiger partial charge in [0.2, 0.25) is 0 Å². The van der Waals surface area contributed by atoms with E-state index in [9.17, 15) is 4.79 Å². The van der Waals surface area contributed by atoms with E-state index in [0.717, 1.165) is 11.1 Å². The number of nitrogens with one attached hydrogen (secondary N) is 1. The second-order valence-corrected chi connectivity index (χ2v) is 5.98. The summed E-state index contributed by atoms with van der Waals surface area (Å²) < 4.78 is 1.73. The fraction of sp³-hybridized carbons (Fsp3) is 0.167. The van der Waals surface area contributed by atoms with Crippen LogP contribution in [0.4, 0.5) is 0 Å². The monoisotopic (exact) mass is 340 g/mol. The van der Waals surface area contributed by atoms with Gasteiger partial charge in [-0.2, -0.15) is 5.10 Å². The van der Waals surface area contributed by atoms with E-state index in [4.69, 9.17) is 11.6 Å². The van der Waals surface area contributed by atoms with Gasteiger partial charge in [-0.25, -0.2) is 9.67 Å². The summed E-state index contributed by atoms with van der Waals surface area (Å²) in [7, 11) is 0. The molecule has 5 nitrogen and oxygen atoms in total. The molecule has 0 spiro atoms. The number of nitrogens with zero attached hydrogens (tertiary/aromatic N) is 3. The van der Waals surface area contributed by atoms with Gasteiger partial charge in [0, 0.05) is 10.6 Å². The molecule has 3 rings (SSSR count). The molecule has 0 aliphatic carbocycles. The lowest BCUT2D eigenvalue weighted by atomic mass is 10.1. The van der Waals surface area contributed by atoms with E-state index in [0.29, 0.717) is 17.1 Å². The van der Waals surface area contributed by atoms with Crippen LogP contribution in [0, 0.1) is 0 Å². The maximum atomic E-state index is 12.4. The van der Waals surface area contributed by atoms with E-state index >= 15 is 0 Å². The number of hydrogen-bond acceptors (Lipinski definition) is 3. The van der Waals surface area contributed by atoms with Crippen LogP contribution in [-0.2, 0) is 6.54 Å². The van der Waals surface area contributed by atoms with E-state index in [-0.39, 0.29) is 11.9 Å². The van der Waals surface area contributed by atoms with Crippen LogP contribution in [0.3, 0.4) is 0 Å². The van der Waals surface area contributed by atoms with Gasteiger partial charge in [-0.3, -0.25) is 4.79 Å². The number of amides is 1. The minimum absolute atomic E-state index is 0.116. The standard InChI is InChI=1S/C18H17ClN4O/c1-13(16-3-2-4-17(19)9-16)22-18(24)15-7-5-14(6-8-15)10-23-12-20-11-21-23/h2-9,11-13H,10H2,1H3,(H,22,24)/t13-/m1/s1. The first-order chi connectivity index (χ1) is 11.6. The fourth-order valence-corrected chi connectivity index (χ4v) is 2.60. The Balaban J connectivity index is 1.64. The van der Waals surface area contributed by atoms with Crippen molar-refractivity contribution in [2.45, 2.75) is 19.5 Å². The first kappa shape index (κ1) is 16.2. The predicted molar refractivity (Wildman–Crippen MR) is 92.9 cm³/mol. The maximum Gasteiger partial charge on any atom is 0.251 e. The van der Waals surface area contributed by atoms with E-state index in [1.54, 1.807) is 11.0 Å². The third-order valence-corrected chi connectivity index (χ3v) is 3.96. The van der Waals surface area contributed by atoms with E-state index in [1.807, 2.05) is 55.5 Å². The van der Waals surface area contributed by atoms with Crippen molar-refractivity contribution in [3.8, 4) is 0 Å². The Morgan fingerprint density at radius 1 is 1.25 bits per heavy atom. The van der Waals surface area contributed by atoms with Crippen molar-refractivity contribution in [2.75, 3.05) is 0 Å². The largest absolute Gasteiger partial charge is 0.346 e. The molecule has 2 aromatic carbocycles. The number of carbonyl (C=O) groups excluding carboxylic acids is 1. The summed E-state index contributed by atoms with van der Waals surface area (Å²) in [6.07, 6.45) is 3.16. The zero-order valence-electron chi connectivity index (χ0n) is 13.2. The Bertz CT molecular complexity index is 815. The molecule has 3 aromatic rings. The molecule has 0 saturated carbocycles. The smallest absolute Gasteiger partial charge is 0.251 e. The highest BCUT2D eigenvalue weighted by Crippen LogP contribution is 2.18. The van der Waals surface area contributed by atoms with Crippen LogP contribution < -0.4 is 5.32 Å².